The monoisotopic (exact) mass is 289 g/mol. The molecule has 3 rings (SSSR count). The molecule has 0 amide bonds. The van der Waals surface area contributed by atoms with Crippen molar-refractivity contribution in [1.82, 2.24) is 9.47 Å². The zero-order valence-electron chi connectivity index (χ0n) is 12.5. The molecule has 114 valence electrons. The van der Waals surface area contributed by atoms with Crippen LogP contribution < -0.4 is 11.5 Å². The predicted octanol–water partition coefficient (Wildman–Crippen LogP) is 1.80. The highest BCUT2D eigenvalue weighted by Crippen LogP contribution is 2.21. The van der Waals surface area contributed by atoms with Crippen molar-refractivity contribution in [1.29, 1.82) is 0 Å². The zero-order valence-corrected chi connectivity index (χ0v) is 12.5. The van der Waals surface area contributed by atoms with Gasteiger partial charge in [-0.1, -0.05) is 12.1 Å². The normalized spacial score (nSPS) is 23.0. The summed E-state index contributed by atoms with van der Waals surface area (Å²) in [7, 11) is 2.13. The fourth-order valence-electron chi connectivity index (χ4n) is 3.21. The molecule has 0 unspecified atom stereocenters. The molecular weight excluding hydrogens is 266 g/mol. The molecule has 0 atom stereocenters. The van der Waals surface area contributed by atoms with Crippen LogP contribution >= 0.6 is 0 Å². The first kappa shape index (κ1) is 14.4. The Bertz CT molecular complexity index is 653. The fourth-order valence-corrected chi connectivity index (χ4v) is 3.21. The number of hydrogen-bond acceptors (Lipinski definition) is 4. The van der Waals surface area contributed by atoms with Gasteiger partial charge in [0.15, 0.2) is 5.58 Å². The molecule has 1 saturated carbocycles. The van der Waals surface area contributed by atoms with E-state index in [9.17, 15) is 4.79 Å². The second-order valence-electron chi connectivity index (χ2n) is 6.04. The van der Waals surface area contributed by atoms with Crippen LogP contribution in [0.15, 0.2) is 33.5 Å². The molecule has 5 heteroatoms. The van der Waals surface area contributed by atoms with Crippen LogP contribution in [0.3, 0.4) is 0 Å². The lowest BCUT2D eigenvalue weighted by molar-refractivity contribution is 0.177. The molecule has 5 nitrogen and oxygen atoms in total. The first-order valence-electron chi connectivity index (χ1n) is 7.69. The molecule has 1 aliphatic carbocycles. The van der Waals surface area contributed by atoms with Gasteiger partial charge in [-0.25, -0.2) is 4.79 Å². The number of nitrogens with zero attached hydrogens (tertiary/aromatic N) is 2. The van der Waals surface area contributed by atoms with Crippen LogP contribution in [0.25, 0.3) is 11.1 Å². The zero-order chi connectivity index (χ0) is 14.8. The number of likely N-dealkylation sites (N-methyl/N-ethyl adjacent to an activating group) is 1. The standard InChI is InChI=1S/C16H23N3O2/c1-18(13-8-6-12(17)7-9-13)10-11-19-14-4-2-3-5-15(14)21-16(19)20/h2-5,12-13H,6-11,17H2,1H3. The summed E-state index contributed by atoms with van der Waals surface area (Å²) in [6.45, 7) is 1.51. The van der Waals surface area contributed by atoms with Crippen molar-refractivity contribution in [3.05, 3.63) is 34.8 Å². The SMILES string of the molecule is CN(CCn1c(=O)oc2ccccc21)C1CCC(N)CC1. The van der Waals surface area contributed by atoms with E-state index >= 15 is 0 Å². The van der Waals surface area contributed by atoms with Crippen LogP contribution in [0.1, 0.15) is 25.7 Å². The summed E-state index contributed by atoms with van der Waals surface area (Å²) < 4.78 is 6.99. The van der Waals surface area contributed by atoms with Crippen molar-refractivity contribution in [2.75, 3.05) is 13.6 Å². The van der Waals surface area contributed by atoms with Gasteiger partial charge in [0.05, 0.1) is 5.52 Å². The minimum Gasteiger partial charge on any atom is -0.408 e. The van der Waals surface area contributed by atoms with Gasteiger partial charge >= 0.3 is 5.76 Å². The minimum absolute atomic E-state index is 0.268. The summed E-state index contributed by atoms with van der Waals surface area (Å²) >= 11 is 0. The fraction of sp³-hybridized carbons (Fsp3) is 0.562. The second-order valence-corrected chi connectivity index (χ2v) is 6.04. The molecule has 1 fully saturated rings. The summed E-state index contributed by atoms with van der Waals surface area (Å²) in [6, 6.07) is 8.53. The van der Waals surface area contributed by atoms with Crippen LogP contribution in [-0.4, -0.2) is 35.1 Å². The Hall–Kier alpha value is -1.59. The Labute approximate surface area is 124 Å². The Morgan fingerprint density at radius 1 is 1.29 bits per heavy atom. The van der Waals surface area contributed by atoms with E-state index in [2.05, 4.69) is 11.9 Å². The minimum atomic E-state index is -0.268. The van der Waals surface area contributed by atoms with E-state index in [4.69, 9.17) is 10.2 Å². The molecule has 2 N–H and O–H groups in total. The van der Waals surface area contributed by atoms with E-state index in [0.29, 0.717) is 24.2 Å². The van der Waals surface area contributed by atoms with Crippen molar-refractivity contribution in [3.63, 3.8) is 0 Å². The largest absolute Gasteiger partial charge is 0.419 e. The van der Waals surface area contributed by atoms with E-state index in [1.807, 2.05) is 24.3 Å². The summed E-state index contributed by atoms with van der Waals surface area (Å²) in [4.78, 5) is 14.3. The summed E-state index contributed by atoms with van der Waals surface area (Å²) in [5.41, 5.74) is 7.49. The first-order valence-corrected chi connectivity index (χ1v) is 7.69. The van der Waals surface area contributed by atoms with Crippen LogP contribution in [0.4, 0.5) is 0 Å². The molecule has 0 saturated heterocycles. The van der Waals surface area contributed by atoms with E-state index in [-0.39, 0.29) is 5.76 Å². The van der Waals surface area contributed by atoms with Crippen LogP contribution in [0, 0.1) is 0 Å². The van der Waals surface area contributed by atoms with Gasteiger partial charge < -0.3 is 15.1 Å². The van der Waals surface area contributed by atoms with Crippen molar-refractivity contribution in [3.8, 4) is 0 Å². The molecule has 0 bridgehead atoms. The van der Waals surface area contributed by atoms with E-state index < -0.39 is 0 Å². The van der Waals surface area contributed by atoms with Gasteiger partial charge in [-0.05, 0) is 44.9 Å². The van der Waals surface area contributed by atoms with E-state index in [1.165, 1.54) is 0 Å². The number of fused-ring (bicyclic) bond motifs is 1. The maximum Gasteiger partial charge on any atom is 0.419 e. The quantitative estimate of drug-likeness (QED) is 0.932. The van der Waals surface area contributed by atoms with Crippen LogP contribution in [0.2, 0.25) is 0 Å². The Kier molecular flexibility index (Phi) is 4.12. The van der Waals surface area contributed by atoms with Crippen molar-refractivity contribution in [2.24, 2.45) is 5.73 Å². The van der Waals surface area contributed by atoms with Gasteiger partial charge in [0.1, 0.15) is 0 Å². The van der Waals surface area contributed by atoms with Crippen LogP contribution in [-0.2, 0) is 6.54 Å². The Morgan fingerprint density at radius 2 is 2.00 bits per heavy atom. The second kappa shape index (κ2) is 6.03. The molecule has 1 heterocycles. The number of hydrogen-bond donors (Lipinski definition) is 1. The predicted molar refractivity (Wildman–Crippen MR) is 83.3 cm³/mol. The topological polar surface area (TPSA) is 64.4 Å². The third-order valence-electron chi connectivity index (χ3n) is 4.61. The summed E-state index contributed by atoms with van der Waals surface area (Å²) in [5.74, 6) is -0.268. The molecular formula is C16H23N3O2. The third-order valence-corrected chi connectivity index (χ3v) is 4.61. The van der Waals surface area contributed by atoms with Gasteiger partial charge in [0.25, 0.3) is 0 Å². The average molecular weight is 289 g/mol. The number of oxazole rings is 1. The molecule has 0 aliphatic heterocycles. The van der Waals surface area contributed by atoms with Gasteiger partial charge in [0, 0.05) is 25.2 Å². The molecule has 2 aromatic rings. The average Bonchev–Trinajstić information content (AvgIpc) is 2.81. The van der Waals surface area contributed by atoms with E-state index in [0.717, 1.165) is 37.7 Å². The maximum absolute atomic E-state index is 11.9. The number of benzene rings is 1. The van der Waals surface area contributed by atoms with Gasteiger partial charge in [-0.3, -0.25) is 4.57 Å². The lowest BCUT2D eigenvalue weighted by Crippen LogP contribution is -2.40. The number of para-hydroxylation sites is 2. The molecule has 21 heavy (non-hydrogen) atoms. The molecule has 0 radical (unpaired) electrons. The molecule has 0 spiro atoms. The number of aromatic nitrogens is 1. The first-order chi connectivity index (χ1) is 10.1. The van der Waals surface area contributed by atoms with Gasteiger partial charge in [-0.2, -0.15) is 0 Å². The van der Waals surface area contributed by atoms with E-state index in [1.54, 1.807) is 4.57 Å². The molecule has 1 aromatic heterocycles. The highest BCUT2D eigenvalue weighted by atomic mass is 16.4. The van der Waals surface area contributed by atoms with Gasteiger partial charge in [-0.15, -0.1) is 0 Å². The smallest absolute Gasteiger partial charge is 0.408 e. The van der Waals surface area contributed by atoms with Gasteiger partial charge in [0.2, 0.25) is 0 Å². The Balaban J connectivity index is 1.66. The number of rotatable bonds is 4. The van der Waals surface area contributed by atoms with Crippen molar-refractivity contribution < 1.29 is 4.42 Å². The maximum atomic E-state index is 11.9. The lowest BCUT2D eigenvalue weighted by atomic mass is 9.91. The number of nitrogens with two attached hydrogens (primary N) is 1. The lowest BCUT2D eigenvalue weighted by Gasteiger charge is -2.33. The van der Waals surface area contributed by atoms with Crippen molar-refractivity contribution in [2.45, 2.75) is 44.3 Å². The Morgan fingerprint density at radius 3 is 2.76 bits per heavy atom. The highest BCUT2D eigenvalue weighted by Gasteiger charge is 2.22. The highest BCUT2D eigenvalue weighted by molar-refractivity contribution is 5.72. The third kappa shape index (κ3) is 3.04. The van der Waals surface area contributed by atoms with Crippen LogP contribution in [0.5, 0.6) is 0 Å². The summed E-state index contributed by atoms with van der Waals surface area (Å²) in [6.07, 6.45) is 4.50. The van der Waals surface area contributed by atoms with Crippen molar-refractivity contribution >= 4 is 11.1 Å². The molecule has 1 aromatic carbocycles. The molecule has 1 aliphatic rings. The summed E-state index contributed by atoms with van der Waals surface area (Å²) in [5, 5.41) is 0.